The number of carbonyl (C=O) groups excluding carboxylic acids is 2. The van der Waals surface area contributed by atoms with E-state index in [1.54, 1.807) is 37.4 Å². The van der Waals surface area contributed by atoms with Gasteiger partial charge >= 0.3 is 0 Å². The Hall–Kier alpha value is -2.86. The van der Waals surface area contributed by atoms with E-state index in [0.717, 1.165) is 19.4 Å². The normalized spacial score (nSPS) is 17.0. The molecule has 6 nitrogen and oxygen atoms in total. The summed E-state index contributed by atoms with van der Waals surface area (Å²) in [4.78, 5) is 27.1. The fourth-order valence-electron chi connectivity index (χ4n) is 3.44. The molecular weight excluding hydrogens is 354 g/mol. The molecule has 1 unspecified atom stereocenters. The van der Waals surface area contributed by atoms with Gasteiger partial charge in [-0.3, -0.25) is 14.5 Å². The van der Waals surface area contributed by atoms with Gasteiger partial charge in [0, 0.05) is 17.3 Å². The molecule has 2 amide bonds. The summed E-state index contributed by atoms with van der Waals surface area (Å²) in [6.07, 6.45) is 3.49. The number of methoxy groups -OCH3 is 1. The molecule has 1 fully saturated rings. The zero-order chi connectivity index (χ0) is 19.9. The Bertz CT molecular complexity index is 823. The van der Waals surface area contributed by atoms with E-state index in [-0.39, 0.29) is 11.8 Å². The predicted octanol–water partition coefficient (Wildman–Crippen LogP) is 3.76. The van der Waals surface area contributed by atoms with Crippen molar-refractivity contribution in [3.8, 4) is 5.75 Å². The van der Waals surface area contributed by atoms with Crippen LogP contribution in [0.4, 0.5) is 11.4 Å². The summed E-state index contributed by atoms with van der Waals surface area (Å²) in [6, 6.07) is 14.6. The minimum absolute atomic E-state index is 0.0562. The van der Waals surface area contributed by atoms with Gasteiger partial charge in [0.05, 0.1) is 19.3 Å². The Morgan fingerprint density at radius 2 is 1.89 bits per heavy atom. The van der Waals surface area contributed by atoms with Gasteiger partial charge in [-0.1, -0.05) is 24.6 Å². The minimum Gasteiger partial charge on any atom is -0.495 e. The lowest BCUT2D eigenvalue weighted by atomic mass is 10.0. The van der Waals surface area contributed by atoms with E-state index in [9.17, 15) is 9.59 Å². The Balaban J connectivity index is 1.68. The molecule has 0 spiro atoms. The number of ether oxygens (including phenoxy) is 1. The summed E-state index contributed by atoms with van der Waals surface area (Å²) >= 11 is 0. The number of carbonyl (C=O) groups is 2. The molecule has 0 saturated carbocycles. The number of amides is 2. The number of likely N-dealkylation sites (tertiary alicyclic amines) is 1. The van der Waals surface area contributed by atoms with Gasteiger partial charge in [0.1, 0.15) is 5.75 Å². The summed E-state index contributed by atoms with van der Waals surface area (Å²) in [7, 11) is 1.55. The Labute approximate surface area is 165 Å². The van der Waals surface area contributed by atoms with E-state index in [1.165, 1.54) is 6.42 Å². The lowest BCUT2D eigenvalue weighted by Crippen LogP contribution is -2.42. The summed E-state index contributed by atoms with van der Waals surface area (Å²) in [5.41, 5.74) is 1.69. The molecule has 28 heavy (non-hydrogen) atoms. The van der Waals surface area contributed by atoms with Crippen LogP contribution in [0.15, 0.2) is 48.5 Å². The number of hydrogen-bond acceptors (Lipinski definition) is 4. The molecule has 1 aliphatic rings. The molecule has 0 radical (unpaired) electrons. The average Bonchev–Trinajstić information content (AvgIpc) is 2.70. The van der Waals surface area contributed by atoms with Crippen LogP contribution in [0, 0.1) is 0 Å². The van der Waals surface area contributed by atoms with Gasteiger partial charge in [-0.2, -0.15) is 0 Å². The molecule has 2 aromatic rings. The van der Waals surface area contributed by atoms with Gasteiger partial charge < -0.3 is 15.4 Å². The van der Waals surface area contributed by atoms with Crippen LogP contribution in [0.3, 0.4) is 0 Å². The smallest absolute Gasteiger partial charge is 0.255 e. The fourth-order valence-corrected chi connectivity index (χ4v) is 3.44. The number of rotatable bonds is 6. The maximum atomic E-state index is 12.5. The molecule has 2 N–H and O–H groups in total. The van der Waals surface area contributed by atoms with Crippen LogP contribution in [0.5, 0.6) is 5.75 Å². The highest BCUT2D eigenvalue weighted by atomic mass is 16.5. The summed E-state index contributed by atoms with van der Waals surface area (Å²) < 4.78 is 5.34. The quantitative estimate of drug-likeness (QED) is 0.799. The third kappa shape index (κ3) is 5.10. The average molecular weight is 381 g/mol. The lowest BCUT2D eigenvalue weighted by molar-refractivity contribution is -0.118. The number of piperidine rings is 1. The van der Waals surface area contributed by atoms with Gasteiger partial charge in [-0.05, 0) is 56.6 Å². The van der Waals surface area contributed by atoms with E-state index in [2.05, 4.69) is 22.5 Å². The first kappa shape index (κ1) is 19.9. The van der Waals surface area contributed by atoms with Gasteiger partial charge in [-0.25, -0.2) is 0 Å². The molecule has 2 aromatic carbocycles. The number of nitrogens with one attached hydrogen (secondary N) is 2. The number of anilines is 2. The first-order valence-electron chi connectivity index (χ1n) is 9.65. The third-order valence-electron chi connectivity index (χ3n) is 5.05. The Morgan fingerprint density at radius 3 is 2.61 bits per heavy atom. The van der Waals surface area contributed by atoms with Gasteiger partial charge in [-0.15, -0.1) is 0 Å². The zero-order valence-corrected chi connectivity index (χ0v) is 16.4. The van der Waals surface area contributed by atoms with Crippen molar-refractivity contribution in [2.75, 3.05) is 30.8 Å². The molecule has 6 heteroatoms. The van der Waals surface area contributed by atoms with E-state index < -0.39 is 0 Å². The van der Waals surface area contributed by atoms with E-state index in [1.807, 2.05) is 18.2 Å². The van der Waals surface area contributed by atoms with Crippen LogP contribution in [0.1, 0.15) is 36.5 Å². The first-order valence-corrected chi connectivity index (χ1v) is 9.65. The highest BCUT2D eigenvalue weighted by molar-refractivity contribution is 6.05. The van der Waals surface area contributed by atoms with Crippen molar-refractivity contribution >= 4 is 23.2 Å². The van der Waals surface area contributed by atoms with Crippen molar-refractivity contribution in [2.24, 2.45) is 0 Å². The van der Waals surface area contributed by atoms with Gasteiger partial charge in [0.15, 0.2) is 0 Å². The van der Waals surface area contributed by atoms with Crippen molar-refractivity contribution < 1.29 is 14.3 Å². The molecule has 3 rings (SSSR count). The zero-order valence-electron chi connectivity index (χ0n) is 16.4. The van der Waals surface area contributed by atoms with Crippen LogP contribution in [-0.2, 0) is 4.79 Å². The third-order valence-corrected chi connectivity index (χ3v) is 5.05. The number of nitrogens with zero attached hydrogens (tertiary/aromatic N) is 1. The Morgan fingerprint density at radius 1 is 1.11 bits per heavy atom. The summed E-state index contributed by atoms with van der Waals surface area (Å²) in [6.45, 7) is 3.49. The largest absolute Gasteiger partial charge is 0.495 e. The highest BCUT2D eigenvalue weighted by Gasteiger charge is 2.20. The van der Waals surface area contributed by atoms with Crippen LogP contribution in [0.25, 0.3) is 0 Å². The van der Waals surface area contributed by atoms with Crippen molar-refractivity contribution in [1.29, 1.82) is 0 Å². The van der Waals surface area contributed by atoms with Crippen molar-refractivity contribution in [3.05, 3.63) is 54.1 Å². The topological polar surface area (TPSA) is 70.7 Å². The summed E-state index contributed by atoms with van der Waals surface area (Å²) in [5, 5.41) is 5.78. The monoisotopic (exact) mass is 381 g/mol. The molecule has 0 aromatic heterocycles. The second-order valence-corrected chi connectivity index (χ2v) is 7.10. The van der Waals surface area contributed by atoms with E-state index in [4.69, 9.17) is 4.74 Å². The van der Waals surface area contributed by atoms with Crippen molar-refractivity contribution in [2.45, 2.75) is 32.2 Å². The molecule has 1 atom stereocenters. The molecule has 0 aliphatic carbocycles. The highest BCUT2D eigenvalue weighted by Crippen LogP contribution is 2.28. The molecule has 1 saturated heterocycles. The fraction of sp³-hybridized carbons (Fsp3) is 0.364. The van der Waals surface area contributed by atoms with Crippen LogP contribution < -0.4 is 15.4 Å². The van der Waals surface area contributed by atoms with E-state index >= 15 is 0 Å². The van der Waals surface area contributed by atoms with Crippen LogP contribution >= 0.6 is 0 Å². The molecular formula is C22H27N3O3. The first-order chi connectivity index (χ1) is 13.6. The maximum absolute atomic E-state index is 12.5. The SMILES string of the molecule is COc1ccc(NC(=O)CN2CCCCC2C)cc1NC(=O)c1ccccc1. The van der Waals surface area contributed by atoms with E-state index in [0.29, 0.717) is 35.3 Å². The van der Waals surface area contributed by atoms with Crippen molar-refractivity contribution in [1.82, 2.24) is 4.90 Å². The molecule has 1 heterocycles. The Kier molecular flexibility index (Phi) is 6.66. The van der Waals surface area contributed by atoms with Crippen molar-refractivity contribution in [3.63, 3.8) is 0 Å². The predicted molar refractivity (Wildman–Crippen MR) is 111 cm³/mol. The standard InChI is InChI=1S/C22H27N3O3/c1-16-8-6-7-13-25(16)15-21(26)23-18-11-12-20(28-2)19(14-18)24-22(27)17-9-4-3-5-10-17/h3-5,9-12,14,16H,6-8,13,15H2,1-2H3,(H,23,26)(H,24,27). The second kappa shape index (κ2) is 9.37. The minimum atomic E-state index is -0.232. The second-order valence-electron chi connectivity index (χ2n) is 7.10. The molecule has 0 bridgehead atoms. The maximum Gasteiger partial charge on any atom is 0.255 e. The van der Waals surface area contributed by atoms with Gasteiger partial charge in [0.2, 0.25) is 5.91 Å². The number of hydrogen-bond donors (Lipinski definition) is 2. The van der Waals surface area contributed by atoms with Gasteiger partial charge in [0.25, 0.3) is 5.91 Å². The number of benzene rings is 2. The molecule has 1 aliphatic heterocycles. The molecule has 148 valence electrons. The van der Waals surface area contributed by atoms with Crippen LogP contribution in [0.2, 0.25) is 0 Å². The van der Waals surface area contributed by atoms with Crippen LogP contribution in [-0.4, -0.2) is 43.0 Å². The summed E-state index contributed by atoms with van der Waals surface area (Å²) in [5.74, 6) is 0.246. The lowest BCUT2D eigenvalue weighted by Gasteiger charge is -2.32.